The van der Waals surface area contributed by atoms with Gasteiger partial charge in [0, 0.05) is 24.1 Å². The molecule has 0 aliphatic carbocycles. The zero-order chi connectivity index (χ0) is 15.5. The van der Waals surface area contributed by atoms with Gasteiger partial charge in [-0.25, -0.2) is 0 Å². The Bertz CT molecular complexity index is 809. The summed E-state index contributed by atoms with van der Waals surface area (Å²) in [6, 6.07) is 11.3. The minimum Gasteiger partial charge on any atom is -0.494 e. The quantitative estimate of drug-likeness (QED) is 0.804. The van der Waals surface area contributed by atoms with Crippen LogP contribution in [0.5, 0.6) is 5.75 Å². The van der Waals surface area contributed by atoms with Crippen LogP contribution in [0.1, 0.15) is 17.4 Å². The van der Waals surface area contributed by atoms with Gasteiger partial charge in [0.2, 0.25) is 0 Å². The molecule has 0 spiro atoms. The Kier molecular flexibility index (Phi) is 3.78. The van der Waals surface area contributed by atoms with Crippen molar-refractivity contribution < 1.29 is 9.53 Å². The van der Waals surface area contributed by atoms with Crippen LogP contribution in [-0.4, -0.2) is 22.1 Å². The Morgan fingerprint density at radius 1 is 1.32 bits per heavy atom. The maximum Gasteiger partial charge on any atom is 0.272 e. The van der Waals surface area contributed by atoms with E-state index >= 15 is 0 Å². The van der Waals surface area contributed by atoms with Crippen LogP contribution in [0.3, 0.4) is 0 Å². The maximum absolute atomic E-state index is 12.4. The molecule has 0 radical (unpaired) electrons. The van der Waals surface area contributed by atoms with Crippen LogP contribution >= 0.6 is 0 Å². The van der Waals surface area contributed by atoms with Gasteiger partial charge in [0.05, 0.1) is 18.5 Å². The average molecular weight is 295 g/mol. The van der Waals surface area contributed by atoms with Crippen molar-refractivity contribution in [1.29, 1.82) is 0 Å². The van der Waals surface area contributed by atoms with Crippen molar-refractivity contribution in [1.82, 2.24) is 9.55 Å². The number of amides is 1. The lowest BCUT2D eigenvalue weighted by Crippen LogP contribution is -2.15. The maximum atomic E-state index is 12.4. The summed E-state index contributed by atoms with van der Waals surface area (Å²) in [6.07, 6.45) is 3.29. The highest BCUT2D eigenvalue weighted by Crippen LogP contribution is 2.24. The number of carbonyl (C=O) groups is 1. The molecule has 3 rings (SSSR count). The molecule has 3 aromatic rings. The molecule has 0 bridgehead atoms. The van der Waals surface area contributed by atoms with Crippen LogP contribution in [-0.2, 0) is 7.05 Å². The van der Waals surface area contributed by atoms with Gasteiger partial charge >= 0.3 is 0 Å². The molecular formula is C17H17N3O2. The topological polar surface area (TPSA) is 56.1 Å². The first kappa shape index (κ1) is 14.1. The molecule has 0 aliphatic heterocycles. The minimum atomic E-state index is -0.162. The molecule has 1 aromatic carbocycles. The van der Waals surface area contributed by atoms with E-state index in [1.165, 1.54) is 0 Å². The minimum absolute atomic E-state index is 0.162. The number of pyridine rings is 1. The lowest BCUT2D eigenvalue weighted by atomic mass is 10.2. The van der Waals surface area contributed by atoms with E-state index in [-0.39, 0.29) is 5.91 Å². The van der Waals surface area contributed by atoms with E-state index < -0.39 is 0 Å². The van der Waals surface area contributed by atoms with Crippen molar-refractivity contribution in [3.8, 4) is 5.75 Å². The summed E-state index contributed by atoms with van der Waals surface area (Å²) in [5.74, 6) is 0.643. The van der Waals surface area contributed by atoms with E-state index in [0.717, 1.165) is 16.7 Å². The Balaban J connectivity index is 1.93. The fourth-order valence-electron chi connectivity index (χ4n) is 2.43. The Hall–Kier alpha value is -2.82. The summed E-state index contributed by atoms with van der Waals surface area (Å²) < 4.78 is 7.37. The summed E-state index contributed by atoms with van der Waals surface area (Å²) >= 11 is 0. The van der Waals surface area contributed by atoms with Crippen molar-refractivity contribution >= 4 is 22.5 Å². The summed E-state index contributed by atoms with van der Waals surface area (Å²) in [5, 5.41) is 3.82. The number of nitrogens with zero attached hydrogens (tertiary/aromatic N) is 2. The number of carbonyl (C=O) groups excluding carboxylic acids is 1. The van der Waals surface area contributed by atoms with Crippen LogP contribution in [0.25, 0.3) is 10.9 Å². The zero-order valence-corrected chi connectivity index (χ0v) is 12.5. The van der Waals surface area contributed by atoms with Crippen LogP contribution in [0, 0.1) is 0 Å². The molecule has 1 amide bonds. The molecule has 5 heteroatoms. The number of benzene rings is 1. The summed E-state index contributed by atoms with van der Waals surface area (Å²) in [5.41, 5.74) is 2.25. The fraction of sp³-hybridized carbons (Fsp3) is 0.176. The highest BCUT2D eigenvalue weighted by atomic mass is 16.5. The van der Waals surface area contributed by atoms with Crippen molar-refractivity contribution in [3.05, 3.63) is 54.5 Å². The first-order chi connectivity index (χ1) is 10.7. The monoisotopic (exact) mass is 295 g/mol. The molecule has 0 saturated heterocycles. The van der Waals surface area contributed by atoms with Crippen LogP contribution in [0.4, 0.5) is 5.69 Å². The molecule has 0 aliphatic rings. The van der Waals surface area contributed by atoms with Gasteiger partial charge in [-0.15, -0.1) is 0 Å². The van der Waals surface area contributed by atoms with Gasteiger partial charge in [0.25, 0.3) is 5.91 Å². The van der Waals surface area contributed by atoms with E-state index in [2.05, 4.69) is 10.3 Å². The number of aryl methyl sites for hydroxylation is 1. The molecule has 112 valence electrons. The third-order valence-electron chi connectivity index (χ3n) is 3.48. The summed E-state index contributed by atoms with van der Waals surface area (Å²) in [6.45, 7) is 2.56. The predicted octanol–water partition coefficient (Wildman–Crippen LogP) is 3.22. The number of hydrogen-bond acceptors (Lipinski definition) is 3. The third kappa shape index (κ3) is 2.65. The molecular weight excluding hydrogens is 278 g/mol. The van der Waals surface area contributed by atoms with Gasteiger partial charge in [-0.05, 0) is 43.3 Å². The molecule has 5 nitrogen and oxygen atoms in total. The Morgan fingerprint density at radius 3 is 2.91 bits per heavy atom. The third-order valence-corrected chi connectivity index (χ3v) is 3.48. The molecule has 0 atom stereocenters. The number of ether oxygens (including phenoxy) is 1. The predicted molar refractivity (Wildman–Crippen MR) is 86.3 cm³/mol. The SMILES string of the molecule is CCOc1ccc2c(c1)cc(C(=O)Nc1cccnc1)n2C. The summed E-state index contributed by atoms with van der Waals surface area (Å²) in [7, 11) is 1.88. The second-order valence-electron chi connectivity index (χ2n) is 4.94. The largest absolute Gasteiger partial charge is 0.494 e. The first-order valence-corrected chi connectivity index (χ1v) is 7.12. The molecule has 22 heavy (non-hydrogen) atoms. The number of anilines is 1. The van der Waals surface area contributed by atoms with E-state index in [0.29, 0.717) is 18.0 Å². The number of rotatable bonds is 4. The van der Waals surface area contributed by atoms with Crippen molar-refractivity contribution in [2.45, 2.75) is 6.92 Å². The van der Waals surface area contributed by atoms with Gasteiger partial charge in [0.1, 0.15) is 11.4 Å². The van der Waals surface area contributed by atoms with Crippen molar-refractivity contribution in [3.63, 3.8) is 0 Å². The lowest BCUT2D eigenvalue weighted by molar-refractivity contribution is 0.101. The molecule has 0 fully saturated rings. The smallest absolute Gasteiger partial charge is 0.272 e. The molecule has 2 heterocycles. The van der Waals surface area contributed by atoms with Gasteiger partial charge in [-0.2, -0.15) is 0 Å². The first-order valence-electron chi connectivity index (χ1n) is 7.12. The second-order valence-corrected chi connectivity index (χ2v) is 4.94. The van der Waals surface area contributed by atoms with Gasteiger partial charge in [-0.1, -0.05) is 0 Å². The van der Waals surface area contributed by atoms with Crippen LogP contribution in [0.2, 0.25) is 0 Å². The average Bonchev–Trinajstić information content (AvgIpc) is 2.85. The highest BCUT2D eigenvalue weighted by Gasteiger charge is 2.14. The number of fused-ring (bicyclic) bond motifs is 1. The highest BCUT2D eigenvalue weighted by molar-refractivity contribution is 6.06. The van der Waals surface area contributed by atoms with E-state index in [1.807, 2.05) is 42.8 Å². The number of hydrogen-bond donors (Lipinski definition) is 1. The van der Waals surface area contributed by atoms with Crippen LogP contribution in [0.15, 0.2) is 48.8 Å². The normalized spacial score (nSPS) is 10.6. The Morgan fingerprint density at radius 2 is 2.18 bits per heavy atom. The van der Waals surface area contributed by atoms with E-state index in [9.17, 15) is 4.79 Å². The molecule has 1 N–H and O–H groups in total. The van der Waals surface area contributed by atoms with Crippen molar-refractivity contribution in [2.24, 2.45) is 7.05 Å². The summed E-state index contributed by atoms with van der Waals surface area (Å²) in [4.78, 5) is 16.4. The standard InChI is InChI=1S/C17H17N3O2/c1-3-22-14-6-7-15-12(9-14)10-16(20(15)2)17(21)19-13-5-4-8-18-11-13/h4-11H,3H2,1-2H3,(H,19,21). The van der Waals surface area contributed by atoms with Gasteiger partial charge < -0.3 is 14.6 Å². The lowest BCUT2D eigenvalue weighted by Gasteiger charge is -2.06. The van der Waals surface area contributed by atoms with Crippen molar-refractivity contribution in [2.75, 3.05) is 11.9 Å². The van der Waals surface area contributed by atoms with E-state index in [1.54, 1.807) is 24.5 Å². The van der Waals surface area contributed by atoms with E-state index in [4.69, 9.17) is 4.74 Å². The number of aromatic nitrogens is 2. The molecule has 0 unspecified atom stereocenters. The zero-order valence-electron chi connectivity index (χ0n) is 12.5. The second kappa shape index (κ2) is 5.89. The van der Waals surface area contributed by atoms with Crippen LogP contribution < -0.4 is 10.1 Å². The Labute approximate surface area is 128 Å². The number of nitrogens with one attached hydrogen (secondary N) is 1. The molecule has 0 saturated carbocycles. The fourth-order valence-corrected chi connectivity index (χ4v) is 2.43. The molecule has 2 aromatic heterocycles. The van der Waals surface area contributed by atoms with Gasteiger partial charge in [-0.3, -0.25) is 9.78 Å². The van der Waals surface area contributed by atoms with Gasteiger partial charge in [0.15, 0.2) is 0 Å².